The third-order valence-electron chi connectivity index (χ3n) is 4.04. The summed E-state index contributed by atoms with van der Waals surface area (Å²) in [4.78, 5) is 10.7. The van der Waals surface area contributed by atoms with Crippen LogP contribution in [0.4, 0.5) is 13.2 Å². The van der Waals surface area contributed by atoms with Gasteiger partial charge in [-0.05, 0) is 24.8 Å². The second-order valence-electron chi connectivity index (χ2n) is 6.44. The van der Waals surface area contributed by atoms with Crippen LogP contribution in [0.2, 0.25) is 0 Å². The first-order valence-corrected chi connectivity index (χ1v) is 9.25. The maximum atomic E-state index is 12.7. The number of carbonyl (C=O) groups excluding carboxylic acids is 1. The number of alkyl halides is 3. The summed E-state index contributed by atoms with van der Waals surface area (Å²) in [6.45, 7) is 2.36. The molecule has 0 spiro atoms. The Bertz CT molecular complexity index is 489. The molecular weight excluding hydrogens is 345 g/mol. The number of unbranched alkanes of at least 4 members (excludes halogenated alkanes) is 6. The van der Waals surface area contributed by atoms with Gasteiger partial charge in [-0.15, -0.1) is 0 Å². The molecule has 0 heterocycles. The number of benzene rings is 1. The fourth-order valence-corrected chi connectivity index (χ4v) is 2.67. The van der Waals surface area contributed by atoms with E-state index < -0.39 is 18.2 Å². The van der Waals surface area contributed by atoms with Crippen LogP contribution in [0.25, 0.3) is 0 Å². The highest BCUT2D eigenvalue weighted by molar-refractivity contribution is 5.66. The Morgan fingerprint density at radius 1 is 0.962 bits per heavy atom. The molecule has 0 aromatic heterocycles. The van der Waals surface area contributed by atoms with Crippen LogP contribution < -0.4 is 0 Å². The third-order valence-corrected chi connectivity index (χ3v) is 4.04. The van der Waals surface area contributed by atoms with Gasteiger partial charge in [0.25, 0.3) is 0 Å². The van der Waals surface area contributed by atoms with Gasteiger partial charge in [-0.2, -0.15) is 13.2 Å². The highest BCUT2D eigenvalue weighted by Gasteiger charge is 2.41. The molecular formula is C20H29F3O3. The third kappa shape index (κ3) is 11.1. The van der Waals surface area contributed by atoms with Gasteiger partial charge >= 0.3 is 12.1 Å². The van der Waals surface area contributed by atoms with Crippen molar-refractivity contribution in [1.82, 2.24) is 0 Å². The van der Waals surface area contributed by atoms with Gasteiger partial charge < -0.3 is 9.47 Å². The van der Waals surface area contributed by atoms with E-state index in [9.17, 15) is 18.0 Å². The average molecular weight is 374 g/mol. The molecule has 0 amide bonds. The van der Waals surface area contributed by atoms with Crippen molar-refractivity contribution < 1.29 is 27.4 Å². The summed E-state index contributed by atoms with van der Waals surface area (Å²) in [7, 11) is 0. The van der Waals surface area contributed by atoms with E-state index in [0.717, 1.165) is 52.1 Å². The Kier molecular flexibility index (Phi) is 11.0. The lowest BCUT2D eigenvalue weighted by Crippen LogP contribution is -2.33. The quantitative estimate of drug-likeness (QED) is 0.322. The lowest BCUT2D eigenvalue weighted by molar-refractivity contribution is -0.221. The Hall–Kier alpha value is -1.56. The maximum Gasteiger partial charge on any atom is 0.425 e. The van der Waals surface area contributed by atoms with E-state index in [2.05, 4.69) is 4.74 Å². The number of ether oxygens (including phenoxy) is 2. The topological polar surface area (TPSA) is 35.5 Å². The summed E-state index contributed by atoms with van der Waals surface area (Å²) < 4.78 is 48.0. The molecule has 0 radical (unpaired) electrons. The van der Waals surface area contributed by atoms with E-state index in [4.69, 9.17) is 4.74 Å². The SMILES string of the molecule is CC(=O)O[C@@H](CCCCCCCCCOCc1ccccc1)C(F)(F)F. The smallest absolute Gasteiger partial charge is 0.425 e. The monoisotopic (exact) mass is 374 g/mol. The zero-order valence-electron chi connectivity index (χ0n) is 15.4. The molecule has 0 bridgehead atoms. The molecule has 148 valence electrons. The summed E-state index contributed by atoms with van der Waals surface area (Å²) in [5, 5.41) is 0. The van der Waals surface area contributed by atoms with Crippen molar-refractivity contribution in [1.29, 1.82) is 0 Å². The molecule has 3 nitrogen and oxygen atoms in total. The van der Waals surface area contributed by atoms with Gasteiger partial charge in [0.2, 0.25) is 0 Å². The van der Waals surface area contributed by atoms with Crippen LogP contribution in [0.1, 0.15) is 63.9 Å². The van der Waals surface area contributed by atoms with E-state index in [1.54, 1.807) is 0 Å². The molecule has 0 aliphatic carbocycles. The van der Waals surface area contributed by atoms with Crippen molar-refractivity contribution in [2.45, 2.75) is 77.2 Å². The van der Waals surface area contributed by atoms with Gasteiger partial charge in [0.15, 0.2) is 6.10 Å². The summed E-state index contributed by atoms with van der Waals surface area (Å²) in [6, 6.07) is 10.0. The molecule has 1 rings (SSSR count). The van der Waals surface area contributed by atoms with E-state index in [-0.39, 0.29) is 6.42 Å². The van der Waals surface area contributed by atoms with Gasteiger partial charge in [-0.1, -0.05) is 62.4 Å². The zero-order valence-corrected chi connectivity index (χ0v) is 15.4. The van der Waals surface area contributed by atoms with Crippen LogP contribution in [0.3, 0.4) is 0 Å². The standard InChI is InChI=1S/C20H29F3O3/c1-17(24)26-19(20(21,22)23)14-10-5-3-2-4-6-11-15-25-16-18-12-8-7-9-13-18/h7-9,12-13,19H,2-6,10-11,14-16H2,1H3/t19-/m0/s1. The first-order chi connectivity index (χ1) is 12.4. The fourth-order valence-electron chi connectivity index (χ4n) is 2.67. The molecule has 0 saturated carbocycles. The number of hydrogen-bond donors (Lipinski definition) is 0. The molecule has 26 heavy (non-hydrogen) atoms. The summed E-state index contributed by atoms with van der Waals surface area (Å²) >= 11 is 0. The largest absolute Gasteiger partial charge is 0.453 e. The van der Waals surface area contributed by atoms with Crippen LogP contribution in [0.15, 0.2) is 30.3 Å². The Balaban J connectivity index is 1.94. The van der Waals surface area contributed by atoms with Crippen LogP contribution in [0, 0.1) is 0 Å². The van der Waals surface area contributed by atoms with Gasteiger partial charge in [-0.25, -0.2) is 0 Å². The molecule has 0 fully saturated rings. The Morgan fingerprint density at radius 2 is 1.54 bits per heavy atom. The maximum absolute atomic E-state index is 12.7. The van der Waals surface area contributed by atoms with Gasteiger partial charge in [0.05, 0.1) is 6.61 Å². The highest BCUT2D eigenvalue weighted by Crippen LogP contribution is 2.27. The molecule has 0 aliphatic heterocycles. The lowest BCUT2D eigenvalue weighted by Gasteiger charge is -2.19. The van der Waals surface area contributed by atoms with Crippen molar-refractivity contribution in [3.8, 4) is 0 Å². The van der Waals surface area contributed by atoms with E-state index in [1.807, 2.05) is 30.3 Å². The first-order valence-electron chi connectivity index (χ1n) is 9.25. The molecule has 1 aromatic rings. The minimum atomic E-state index is -4.48. The number of halogens is 3. The first kappa shape index (κ1) is 22.5. The molecule has 0 N–H and O–H groups in total. The Labute approximate surface area is 153 Å². The van der Waals surface area contributed by atoms with Crippen LogP contribution in [0.5, 0.6) is 0 Å². The second-order valence-corrected chi connectivity index (χ2v) is 6.44. The van der Waals surface area contributed by atoms with Gasteiger partial charge in [0.1, 0.15) is 0 Å². The summed E-state index contributed by atoms with van der Waals surface area (Å²) in [6.07, 6.45) is -0.456. The minimum Gasteiger partial charge on any atom is -0.453 e. The average Bonchev–Trinajstić information content (AvgIpc) is 2.58. The number of rotatable bonds is 13. The Morgan fingerprint density at radius 3 is 2.12 bits per heavy atom. The van der Waals surface area contributed by atoms with Crippen molar-refractivity contribution in [2.24, 2.45) is 0 Å². The van der Waals surface area contributed by atoms with Crippen LogP contribution in [-0.2, 0) is 20.9 Å². The number of hydrogen-bond acceptors (Lipinski definition) is 3. The predicted molar refractivity (Wildman–Crippen MR) is 94.6 cm³/mol. The molecule has 0 saturated heterocycles. The fraction of sp³-hybridized carbons (Fsp3) is 0.650. The highest BCUT2D eigenvalue weighted by atomic mass is 19.4. The molecule has 1 aromatic carbocycles. The normalized spacial score (nSPS) is 12.8. The summed E-state index contributed by atoms with van der Waals surface area (Å²) in [5.74, 6) is -0.887. The van der Waals surface area contributed by atoms with E-state index >= 15 is 0 Å². The van der Waals surface area contributed by atoms with E-state index in [0.29, 0.717) is 13.0 Å². The van der Waals surface area contributed by atoms with Gasteiger partial charge in [-0.3, -0.25) is 4.79 Å². The molecule has 0 unspecified atom stereocenters. The van der Waals surface area contributed by atoms with Crippen LogP contribution in [-0.4, -0.2) is 24.9 Å². The lowest BCUT2D eigenvalue weighted by atomic mass is 10.1. The molecule has 1 atom stereocenters. The van der Waals surface area contributed by atoms with Crippen LogP contribution >= 0.6 is 0 Å². The zero-order chi connectivity index (χ0) is 19.3. The second kappa shape index (κ2) is 12.7. The van der Waals surface area contributed by atoms with Crippen molar-refractivity contribution in [3.05, 3.63) is 35.9 Å². The summed E-state index contributed by atoms with van der Waals surface area (Å²) in [5.41, 5.74) is 1.17. The number of carbonyl (C=O) groups is 1. The predicted octanol–water partition coefficient (Wildman–Crippen LogP) is 5.82. The van der Waals surface area contributed by atoms with Gasteiger partial charge in [0, 0.05) is 13.5 Å². The van der Waals surface area contributed by atoms with E-state index in [1.165, 1.54) is 5.56 Å². The van der Waals surface area contributed by atoms with Crippen molar-refractivity contribution >= 4 is 5.97 Å². The minimum absolute atomic E-state index is 0.156. The van der Waals surface area contributed by atoms with Crippen molar-refractivity contribution in [2.75, 3.05) is 6.61 Å². The molecule has 0 aliphatic rings. The molecule has 6 heteroatoms. The van der Waals surface area contributed by atoms with Crippen molar-refractivity contribution in [3.63, 3.8) is 0 Å². The number of esters is 1.